The van der Waals surface area contributed by atoms with E-state index in [0.717, 1.165) is 0 Å². The highest BCUT2D eigenvalue weighted by molar-refractivity contribution is 6.32. The second kappa shape index (κ2) is 3.75. The number of ether oxygens (including phenoxy) is 1. The number of aromatic carboxylic acids is 1. The summed E-state index contributed by atoms with van der Waals surface area (Å²) in [7, 11) is 1.45. The number of carbonyl (C=O) groups is 1. The summed E-state index contributed by atoms with van der Waals surface area (Å²) in [6.07, 6.45) is 0. The van der Waals surface area contributed by atoms with Crippen molar-refractivity contribution in [1.82, 2.24) is 0 Å². The number of anilines is 1. The van der Waals surface area contributed by atoms with Crippen LogP contribution in [0.25, 0.3) is 0 Å². The van der Waals surface area contributed by atoms with Crippen molar-refractivity contribution >= 4 is 23.3 Å². The van der Waals surface area contributed by atoms with Crippen molar-refractivity contribution in [2.45, 2.75) is 6.92 Å². The molecule has 0 spiro atoms. The molecule has 0 fully saturated rings. The molecular formula is C9H10ClNO3. The number of halogens is 1. The van der Waals surface area contributed by atoms with E-state index < -0.39 is 5.97 Å². The lowest BCUT2D eigenvalue weighted by Crippen LogP contribution is -2.05. The maximum atomic E-state index is 10.7. The van der Waals surface area contributed by atoms with Gasteiger partial charge in [0.2, 0.25) is 0 Å². The molecule has 14 heavy (non-hydrogen) atoms. The number of methoxy groups -OCH3 is 1. The van der Waals surface area contributed by atoms with Crippen molar-refractivity contribution in [2.75, 3.05) is 12.8 Å². The zero-order chi connectivity index (χ0) is 10.9. The molecule has 0 atom stereocenters. The molecule has 76 valence electrons. The highest BCUT2D eigenvalue weighted by Crippen LogP contribution is 2.34. The van der Waals surface area contributed by atoms with Gasteiger partial charge in [-0.05, 0) is 13.0 Å². The predicted octanol–water partition coefficient (Wildman–Crippen LogP) is 1.94. The van der Waals surface area contributed by atoms with Gasteiger partial charge in [0.05, 0.1) is 23.4 Å². The Hall–Kier alpha value is -1.42. The molecule has 1 aromatic rings. The topological polar surface area (TPSA) is 72.5 Å². The summed E-state index contributed by atoms with van der Waals surface area (Å²) in [5.41, 5.74) is 6.32. The van der Waals surface area contributed by atoms with Crippen LogP contribution >= 0.6 is 11.6 Å². The molecule has 0 saturated heterocycles. The van der Waals surface area contributed by atoms with Crippen LogP contribution in [0.1, 0.15) is 15.9 Å². The molecule has 0 saturated carbocycles. The van der Waals surface area contributed by atoms with Crippen molar-refractivity contribution in [3.63, 3.8) is 0 Å². The van der Waals surface area contributed by atoms with E-state index in [4.69, 9.17) is 27.2 Å². The number of nitrogens with two attached hydrogens (primary N) is 1. The third-order valence-corrected chi connectivity index (χ3v) is 2.24. The predicted molar refractivity (Wildman–Crippen MR) is 54.1 cm³/mol. The van der Waals surface area contributed by atoms with E-state index >= 15 is 0 Å². The van der Waals surface area contributed by atoms with Gasteiger partial charge in [0.25, 0.3) is 0 Å². The Labute approximate surface area is 86.2 Å². The number of hydrogen-bond donors (Lipinski definition) is 2. The summed E-state index contributed by atoms with van der Waals surface area (Å²) >= 11 is 5.81. The minimum absolute atomic E-state index is 0.00620. The van der Waals surface area contributed by atoms with Crippen LogP contribution < -0.4 is 10.5 Å². The van der Waals surface area contributed by atoms with E-state index in [1.165, 1.54) is 13.2 Å². The van der Waals surface area contributed by atoms with Gasteiger partial charge in [-0.15, -0.1) is 0 Å². The molecule has 1 aromatic carbocycles. The van der Waals surface area contributed by atoms with Gasteiger partial charge >= 0.3 is 5.97 Å². The molecule has 0 radical (unpaired) electrons. The zero-order valence-electron chi connectivity index (χ0n) is 7.80. The van der Waals surface area contributed by atoms with Crippen molar-refractivity contribution < 1.29 is 14.6 Å². The monoisotopic (exact) mass is 215 g/mol. The lowest BCUT2D eigenvalue weighted by Gasteiger charge is -2.11. The first-order valence-corrected chi connectivity index (χ1v) is 4.22. The molecule has 3 N–H and O–H groups in total. The van der Waals surface area contributed by atoms with Gasteiger partial charge in [-0.2, -0.15) is 0 Å². The van der Waals surface area contributed by atoms with Crippen molar-refractivity contribution in [1.29, 1.82) is 0 Å². The number of carboxylic acid groups (broad SMARTS) is 1. The van der Waals surface area contributed by atoms with Crippen LogP contribution in [0.4, 0.5) is 5.69 Å². The van der Waals surface area contributed by atoms with Crippen molar-refractivity contribution in [3.05, 3.63) is 22.2 Å². The molecule has 0 bridgehead atoms. The summed E-state index contributed by atoms with van der Waals surface area (Å²) in [5.74, 6) is -0.690. The molecule has 1 rings (SSSR count). The van der Waals surface area contributed by atoms with E-state index in [2.05, 4.69) is 0 Å². The molecule has 0 aliphatic carbocycles. The Bertz CT molecular complexity index is 390. The van der Waals surface area contributed by atoms with Crippen LogP contribution in [-0.4, -0.2) is 18.2 Å². The largest absolute Gasteiger partial charge is 0.495 e. The first-order chi connectivity index (χ1) is 6.49. The van der Waals surface area contributed by atoms with Crippen LogP contribution in [-0.2, 0) is 0 Å². The number of rotatable bonds is 2. The van der Waals surface area contributed by atoms with Crippen LogP contribution in [0.5, 0.6) is 5.75 Å². The Balaban J connectivity index is 3.47. The van der Waals surface area contributed by atoms with E-state index in [1.807, 2.05) is 0 Å². The first kappa shape index (κ1) is 10.7. The van der Waals surface area contributed by atoms with Crippen LogP contribution in [0.15, 0.2) is 6.07 Å². The van der Waals surface area contributed by atoms with Gasteiger partial charge in [0, 0.05) is 5.56 Å². The number of benzene rings is 1. The molecule has 5 heteroatoms. The Morgan fingerprint density at radius 3 is 2.64 bits per heavy atom. The van der Waals surface area contributed by atoms with Gasteiger partial charge in [0.1, 0.15) is 5.75 Å². The summed E-state index contributed by atoms with van der Waals surface area (Å²) < 4.78 is 4.99. The normalized spacial score (nSPS) is 9.93. The van der Waals surface area contributed by atoms with Crippen LogP contribution in [0, 0.1) is 6.92 Å². The average Bonchev–Trinajstić information content (AvgIpc) is 2.12. The van der Waals surface area contributed by atoms with E-state index in [1.54, 1.807) is 6.92 Å². The summed E-state index contributed by atoms with van der Waals surface area (Å²) in [4.78, 5) is 10.7. The fraction of sp³-hybridized carbons (Fsp3) is 0.222. The van der Waals surface area contributed by atoms with Gasteiger partial charge in [0.15, 0.2) is 0 Å². The minimum atomic E-state index is -1.10. The Morgan fingerprint density at radius 2 is 2.21 bits per heavy atom. The van der Waals surface area contributed by atoms with E-state index in [9.17, 15) is 4.79 Å². The zero-order valence-corrected chi connectivity index (χ0v) is 8.55. The summed E-state index contributed by atoms with van der Waals surface area (Å²) in [6, 6.07) is 1.28. The van der Waals surface area contributed by atoms with E-state index in [0.29, 0.717) is 11.3 Å². The lowest BCUT2D eigenvalue weighted by atomic mass is 10.1. The molecule has 4 nitrogen and oxygen atoms in total. The minimum Gasteiger partial charge on any atom is -0.495 e. The molecule has 0 unspecified atom stereocenters. The van der Waals surface area contributed by atoms with Crippen LogP contribution in [0.3, 0.4) is 0 Å². The van der Waals surface area contributed by atoms with Crippen molar-refractivity contribution in [2.24, 2.45) is 0 Å². The van der Waals surface area contributed by atoms with Gasteiger partial charge in [-0.3, -0.25) is 0 Å². The average molecular weight is 216 g/mol. The van der Waals surface area contributed by atoms with E-state index in [-0.39, 0.29) is 16.3 Å². The maximum absolute atomic E-state index is 10.7. The highest BCUT2D eigenvalue weighted by Gasteiger charge is 2.16. The molecular weight excluding hydrogens is 206 g/mol. The molecule has 0 heterocycles. The van der Waals surface area contributed by atoms with Crippen molar-refractivity contribution in [3.8, 4) is 5.75 Å². The maximum Gasteiger partial charge on any atom is 0.337 e. The fourth-order valence-corrected chi connectivity index (χ4v) is 1.53. The second-order valence-corrected chi connectivity index (χ2v) is 3.19. The Morgan fingerprint density at radius 1 is 1.64 bits per heavy atom. The fourth-order valence-electron chi connectivity index (χ4n) is 1.20. The summed E-state index contributed by atoms with van der Waals surface area (Å²) in [6.45, 7) is 1.66. The van der Waals surface area contributed by atoms with Gasteiger partial charge in [-0.25, -0.2) is 4.79 Å². The SMILES string of the molecule is COc1c(Cl)cc(C(=O)O)c(N)c1C. The quantitative estimate of drug-likeness (QED) is 0.740. The first-order valence-electron chi connectivity index (χ1n) is 3.85. The Kier molecular flexibility index (Phi) is 2.86. The molecule has 0 aromatic heterocycles. The highest BCUT2D eigenvalue weighted by atomic mass is 35.5. The number of carboxylic acids is 1. The number of nitrogen functional groups attached to an aromatic ring is 1. The molecule has 0 amide bonds. The third-order valence-electron chi connectivity index (χ3n) is 1.96. The standard InChI is InChI=1S/C9H10ClNO3/c1-4-7(11)5(9(12)13)3-6(10)8(4)14-2/h3H,11H2,1-2H3,(H,12,13). The van der Waals surface area contributed by atoms with Gasteiger partial charge < -0.3 is 15.6 Å². The van der Waals surface area contributed by atoms with Crippen LogP contribution in [0.2, 0.25) is 5.02 Å². The molecule has 0 aliphatic heterocycles. The smallest absolute Gasteiger partial charge is 0.337 e. The second-order valence-electron chi connectivity index (χ2n) is 2.78. The molecule has 0 aliphatic rings. The summed E-state index contributed by atoms with van der Waals surface area (Å²) in [5, 5.41) is 9.05. The van der Waals surface area contributed by atoms with Gasteiger partial charge in [-0.1, -0.05) is 11.6 Å². The third kappa shape index (κ3) is 1.61. The lowest BCUT2D eigenvalue weighted by molar-refractivity contribution is 0.0698. The number of hydrogen-bond acceptors (Lipinski definition) is 3.